The molecule has 1 aromatic carbocycles. The van der Waals surface area contributed by atoms with Crippen LogP contribution in [0.15, 0.2) is 30.1 Å². The number of carbonyl (C=O) groups excluding carboxylic acids is 2. The summed E-state index contributed by atoms with van der Waals surface area (Å²) in [5, 5.41) is 2.70. The highest BCUT2D eigenvalue weighted by molar-refractivity contribution is 5.98. The van der Waals surface area contributed by atoms with Crippen molar-refractivity contribution < 1.29 is 18.7 Å². The maximum atomic E-state index is 12.6. The number of carbonyl (C=O) groups is 2. The zero-order valence-electron chi connectivity index (χ0n) is 14.1. The lowest BCUT2D eigenvalue weighted by atomic mass is 9.98. The Morgan fingerprint density at radius 2 is 2.21 bits per heavy atom. The number of ether oxygens (including phenoxy) is 1. The van der Waals surface area contributed by atoms with Gasteiger partial charge in [0, 0.05) is 18.7 Å². The summed E-state index contributed by atoms with van der Waals surface area (Å²) in [7, 11) is 0. The molecule has 0 spiro atoms. The van der Waals surface area contributed by atoms with Crippen molar-refractivity contribution in [3.63, 3.8) is 0 Å². The van der Waals surface area contributed by atoms with Gasteiger partial charge in [0.2, 0.25) is 5.91 Å². The van der Waals surface area contributed by atoms with E-state index in [-0.39, 0.29) is 25.0 Å². The maximum Gasteiger partial charge on any atom is 0.254 e. The van der Waals surface area contributed by atoms with Crippen molar-refractivity contribution in [2.24, 2.45) is 0 Å². The van der Waals surface area contributed by atoms with E-state index in [9.17, 15) is 14.0 Å². The molecule has 5 nitrogen and oxygen atoms in total. The topological polar surface area (TPSA) is 58.6 Å². The summed E-state index contributed by atoms with van der Waals surface area (Å²) in [5.41, 5.74) is 2.07. The van der Waals surface area contributed by atoms with Gasteiger partial charge < -0.3 is 15.0 Å². The van der Waals surface area contributed by atoms with Gasteiger partial charge in [0.05, 0.1) is 12.9 Å². The molecule has 1 heterocycles. The highest BCUT2D eigenvalue weighted by Gasteiger charge is 2.26. The van der Waals surface area contributed by atoms with Crippen molar-refractivity contribution in [1.82, 2.24) is 10.2 Å². The Balaban J connectivity index is 2.04. The van der Waals surface area contributed by atoms with E-state index in [0.717, 1.165) is 5.56 Å². The third-order valence-corrected chi connectivity index (χ3v) is 3.99. The van der Waals surface area contributed by atoms with E-state index in [1.807, 2.05) is 19.9 Å². The third-order valence-electron chi connectivity index (χ3n) is 3.99. The van der Waals surface area contributed by atoms with Crippen molar-refractivity contribution in [3.8, 4) is 5.75 Å². The number of nitrogens with zero attached hydrogens (tertiary/aromatic N) is 1. The SMILES string of the molecule is CCNC(=O)CN1CCc2cc(OC/C(=C\F)CC)ccc2C1=O. The van der Waals surface area contributed by atoms with Crippen LogP contribution < -0.4 is 10.1 Å². The van der Waals surface area contributed by atoms with Crippen LogP contribution in [0.3, 0.4) is 0 Å². The molecule has 0 saturated carbocycles. The molecule has 2 amide bonds. The van der Waals surface area contributed by atoms with Gasteiger partial charge in [0.15, 0.2) is 0 Å². The fourth-order valence-corrected chi connectivity index (χ4v) is 2.57. The van der Waals surface area contributed by atoms with Crippen LogP contribution in [0.2, 0.25) is 0 Å². The Morgan fingerprint density at radius 1 is 1.42 bits per heavy atom. The van der Waals surface area contributed by atoms with E-state index in [1.54, 1.807) is 17.0 Å². The molecule has 1 aliphatic rings. The van der Waals surface area contributed by atoms with Crippen molar-refractivity contribution in [1.29, 1.82) is 0 Å². The molecule has 1 aromatic rings. The summed E-state index contributed by atoms with van der Waals surface area (Å²) in [4.78, 5) is 25.7. The second kappa shape index (κ2) is 8.47. The summed E-state index contributed by atoms with van der Waals surface area (Å²) < 4.78 is 18.1. The Kier molecular flexibility index (Phi) is 6.35. The number of nitrogens with one attached hydrogen (secondary N) is 1. The lowest BCUT2D eigenvalue weighted by Crippen LogP contribution is -2.44. The smallest absolute Gasteiger partial charge is 0.254 e. The first-order valence-electron chi connectivity index (χ1n) is 8.18. The normalized spacial score (nSPS) is 14.4. The summed E-state index contributed by atoms with van der Waals surface area (Å²) in [6.45, 7) is 5.02. The molecular formula is C18H23FN2O3. The largest absolute Gasteiger partial charge is 0.489 e. The lowest BCUT2D eigenvalue weighted by molar-refractivity contribution is -0.121. The molecule has 24 heavy (non-hydrogen) atoms. The van der Waals surface area contributed by atoms with E-state index < -0.39 is 0 Å². The molecule has 0 aromatic heterocycles. The van der Waals surface area contributed by atoms with Crippen LogP contribution in [0.1, 0.15) is 36.2 Å². The van der Waals surface area contributed by atoms with E-state index >= 15 is 0 Å². The molecule has 6 heteroatoms. The van der Waals surface area contributed by atoms with Gasteiger partial charge in [-0.1, -0.05) is 6.92 Å². The van der Waals surface area contributed by atoms with Crippen LogP contribution >= 0.6 is 0 Å². The van der Waals surface area contributed by atoms with Crippen molar-refractivity contribution in [2.45, 2.75) is 26.7 Å². The number of hydrogen-bond donors (Lipinski definition) is 1. The van der Waals surface area contributed by atoms with Crippen LogP contribution in [0, 0.1) is 0 Å². The molecular weight excluding hydrogens is 311 g/mol. The fraction of sp³-hybridized carbons (Fsp3) is 0.444. The molecule has 0 radical (unpaired) electrons. The standard InChI is InChI=1S/C18H23FN2O3/c1-3-13(10-19)12-24-15-5-6-16-14(9-15)7-8-21(18(16)23)11-17(22)20-4-2/h5-6,9-10H,3-4,7-8,11-12H2,1-2H3,(H,20,22)/b13-10-. The van der Waals surface area contributed by atoms with Crippen LogP contribution in [0.25, 0.3) is 0 Å². The van der Waals surface area contributed by atoms with Gasteiger partial charge in [0.1, 0.15) is 12.4 Å². The monoisotopic (exact) mass is 334 g/mol. The van der Waals surface area contributed by atoms with Gasteiger partial charge in [-0.05, 0) is 49.1 Å². The molecule has 130 valence electrons. The first-order chi connectivity index (χ1) is 11.6. The minimum Gasteiger partial charge on any atom is -0.489 e. The zero-order chi connectivity index (χ0) is 17.5. The first-order valence-corrected chi connectivity index (χ1v) is 8.18. The number of fused-ring (bicyclic) bond motifs is 1. The van der Waals surface area contributed by atoms with Crippen LogP contribution in [0.4, 0.5) is 4.39 Å². The van der Waals surface area contributed by atoms with E-state index in [4.69, 9.17) is 4.74 Å². The van der Waals surface area contributed by atoms with Gasteiger partial charge >= 0.3 is 0 Å². The van der Waals surface area contributed by atoms with Crippen LogP contribution in [-0.2, 0) is 11.2 Å². The molecule has 0 saturated heterocycles. The molecule has 0 aliphatic carbocycles. The molecule has 2 rings (SSSR count). The minimum absolute atomic E-state index is 0.0749. The second-order valence-electron chi connectivity index (χ2n) is 5.66. The summed E-state index contributed by atoms with van der Waals surface area (Å²) in [5.74, 6) is 0.317. The van der Waals surface area contributed by atoms with Gasteiger partial charge in [0.25, 0.3) is 5.91 Å². The third kappa shape index (κ3) is 4.34. The summed E-state index contributed by atoms with van der Waals surface area (Å²) >= 11 is 0. The minimum atomic E-state index is -0.153. The number of hydrogen-bond acceptors (Lipinski definition) is 3. The van der Waals surface area contributed by atoms with Crippen molar-refractivity contribution in [3.05, 3.63) is 41.2 Å². The number of likely N-dealkylation sites (N-methyl/N-ethyl adjacent to an activating group) is 1. The highest BCUT2D eigenvalue weighted by Crippen LogP contribution is 2.24. The fourth-order valence-electron chi connectivity index (χ4n) is 2.57. The first kappa shape index (κ1) is 18.0. The summed E-state index contributed by atoms with van der Waals surface area (Å²) in [6.07, 6.45) is 1.83. The van der Waals surface area contributed by atoms with Crippen molar-refractivity contribution >= 4 is 11.8 Å². The summed E-state index contributed by atoms with van der Waals surface area (Å²) in [6, 6.07) is 5.24. The molecule has 1 N–H and O–H groups in total. The Labute approximate surface area is 141 Å². The predicted molar refractivity (Wildman–Crippen MR) is 89.7 cm³/mol. The molecule has 0 fully saturated rings. The second-order valence-corrected chi connectivity index (χ2v) is 5.66. The maximum absolute atomic E-state index is 12.6. The van der Waals surface area contributed by atoms with Crippen LogP contribution in [-0.4, -0.2) is 43.0 Å². The van der Waals surface area contributed by atoms with Gasteiger partial charge in [-0.2, -0.15) is 0 Å². The predicted octanol–water partition coefficient (Wildman–Crippen LogP) is 2.46. The van der Waals surface area contributed by atoms with Crippen LogP contribution in [0.5, 0.6) is 5.75 Å². The van der Waals surface area contributed by atoms with Crippen molar-refractivity contribution in [2.75, 3.05) is 26.2 Å². The van der Waals surface area contributed by atoms with E-state index in [2.05, 4.69) is 5.32 Å². The number of amides is 2. The quantitative estimate of drug-likeness (QED) is 0.833. The Hall–Kier alpha value is -2.37. The number of halogens is 1. The zero-order valence-corrected chi connectivity index (χ0v) is 14.1. The van der Waals surface area contributed by atoms with E-state index in [0.29, 0.717) is 49.1 Å². The number of rotatable bonds is 7. The molecule has 0 unspecified atom stereocenters. The van der Waals surface area contributed by atoms with Gasteiger partial charge in [-0.15, -0.1) is 0 Å². The molecule has 0 atom stereocenters. The Morgan fingerprint density at radius 3 is 2.88 bits per heavy atom. The molecule has 1 aliphatic heterocycles. The van der Waals surface area contributed by atoms with Gasteiger partial charge in [-0.3, -0.25) is 9.59 Å². The average Bonchev–Trinajstić information content (AvgIpc) is 2.58. The lowest BCUT2D eigenvalue weighted by Gasteiger charge is -2.28. The molecule has 0 bridgehead atoms. The van der Waals surface area contributed by atoms with Gasteiger partial charge in [-0.25, -0.2) is 4.39 Å². The average molecular weight is 334 g/mol. The number of benzene rings is 1. The Bertz CT molecular complexity index is 643. The highest BCUT2D eigenvalue weighted by atomic mass is 19.1. The van der Waals surface area contributed by atoms with E-state index in [1.165, 1.54) is 0 Å².